The highest BCUT2D eigenvalue weighted by atomic mass is 16.4. The molecule has 0 aliphatic rings. The lowest BCUT2D eigenvalue weighted by Crippen LogP contribution is -2.28. The van der Waals surface area contributed by atoms with Crippen LogP contribution in [-0.2, 0) is 9.59 Å². The summed E-state index contributed by atoms with van der Waals surface area (Å²) >= 11 is 0. The third-order valence-corrected chi connectivity index (χ3v) is 2.05. The summed E-state index contributed by atoms with van der Waals surface area (Å²) in [4.78, 5) is 43.8. The number of hydrogen-bond acceptors (Lipinski definition) is 4. The first-order chi connectivity index (χ1) is 8.10. The number of carbonyl (C=O) groups excluding carboxylic acids is 3. The lowest BCUT2D eigenvalue weighted by Gasteiger charge is -2.09. The summed E-state index contributed by atoms with van der Waals surface area (Å²) in [7, 11) is 0. The monoisotopic (exact) mass is 235 g/mol. The lowest BCUT2D eigenvalue weighted by molar-refractivity contribution is -0.128. The quantitative estimate of drug-likeness (QED) is 0.561. The maximum Gasteiger partial charge on any atom is 0.336 e. The summed E-state index contributed by atoms with van der Waals surface area (Å²) < 4.78 is 0. The van der Waals surface area contributed by atoms with Crippen LogP contribution in [0.25, 0.3) is 0 Å². The maximum absolute atomic E-state index is 11.7. The molecular weight excluding hydrogens is 226 g/mol. The number of nitrogens with zero attached hydrogens (tertiary/aromatic N) is 1. The molecule has 88 valence electrons. The molecule has 0 saturated carbocycles. The topological polar surface area (TPSA) is 91.8 Å². The van der Waals surface area contributed by atoms with Gasteiger partial charge in [-0.05, 0) is 6.07 Å². The first-order valence-electron chi connectivity index (χ1n) is 4.62. The molecular formula is C11H9NO5. The fourth-order valence-electron chi connectivity index (χ4n) is 1.26. The number of rotatable bonds is 6. The van der Waals surface area contributed by atoms with Crippen molar-refractivity contribution < 1.29 is 24.3 Å². The molecule has 2 amide bonds. The second kappa shape index (κ2) is 5.55. The number of hydrogen-bond donors (Lipinski definition) is 1. The average molecular weight is 235 g/mol. The van der Waals surface area contributed by atoms with Crippen molar-refractivity contribution in [1.82, 2.24) is 4.90 Å². The van der Waals surface area contributed by atoms with E-state index < -0.39 is 18.3 Å². The second-order valence-electron chi connectivity index (χ2n) is 3.16. The Balaban J connectivity index is 3.00. The molecule has 0 saturated heterocycles. The van der Waals surface area contributed by atoms with Gasteiger partial charge in [0, 0.05) is 5.56 Å². The minimum atomic E-state index is -1.24. The van der Waals surface area contributed by atoms with Crippen LogP contribution in [0.2, 0.25) is 0 Å². The molecule has 0 heterocycles. The lowest BCUT2D eigenvalue weighted by atomic mass is 10.0. The van der Waals surface area contributed by atoms with Gasteiger partial charge in [0.05, 0.1) is 12.1 Å². The summed E-state index contributed by atoms with van der Waals surface area (Å²) in [6.07, 6.45) is 0.405. The molecule has 0 atom stereocenters. The summed E-state index contributed by atoms with van der Waals surface area (Å²) in [5.74, 6) is -1.85. The second-order valence-corrected chi connectivity index (χ2v) is 3.16. The third-order valence-electron chi connectivity index (χ3n) is 2.05. The normalized spacial score (nSPS) is 9.41. The molecule has 1 rings (SSSR count). The number of carboxylic acid groups (broad SMARTS) is 1. The number of ketones is 1. The number of aromatic carboxylic acids is 1. The molecule has 0 radical (unpaired) electrons. The molecule has 6 nitrogen and oxygen atoms in total. The Kier molecular flexibility index (Phi) is 4.10. The standard InChI is InChI=1S/C11H9NO5/c13-6-12(7-14)5-10(15)8-3-1-2-4-9(8)11(16)17/h1-4,6-7H,5H2,(H,16,17). The van der Waals surface area contributed by atoms with E-state index in [2.05, 4.69) is 0 Å². The molecule has 0 spiro atoms. The van der Waals surface area contributed by atoms with Gasteiger partial charge in [0.2, 0.25) is 12.8 Å². The van der Waals surface area contributed by atoms with Gasteiger partial charge in [-0.2, -0.15) is 0 Å². The zero-order valence-electron chi connectivity index (χ0n) is 8.70. The molecule has 0 aromatic heterocycles. The van der Waals surface area contributed by atoms with Gasteiger partial charge in [-0.25, -0.2) is 4.79 Å². The Morgan fingerprint density at radius 1 is 1.12 bits per heavy atom. The van der Waals surface area contributed by atoms with Crippen molar-refractivity contribution in [1.29, 1.82) is 0 Å². The first-order valence-corrected chi connectivity index (χ1v) is 4.62. The minimum Gasteiger partial charge on any atom is -0.478 e. The van der Waals surface area contributed by atoms with Gasteiger partial charge in [-0.3, -0.25) is 19.3 Å². The van der Waals surface area contributed by atoms with Crippen LogP contribution in [0.3, 0.4) is 0 Å². The predicted molar refractivity (Wildman–Crippen MR) is 56.6 cm³/mol. The Hall–Kier alpha value is -2.50. The Morgan fingerprint density at radius 3 is 2.12 bits per heavy atom. The zero-order chi connectivity index (χ0) is 12.8. The van der Waals surface area contributed by atoms with Gasteiger partial charge < -0.3 is 5.11 Å². The number of Topliss-reactive ketones (excluding diaryl/α,β-unsaturated/α-hetero) is 1. The fraction of sp³-hybridized carbons (Fsp3) is 0.0909. The van der Waals surface area contributed by atoms with E-state index in [1.165, 1.54) is 24.3 Å². The van der Waals surface area contributed by atoms with Crippen molar-refractivity contribution in [3.8, 4) is 0 Å². The van der Waals surface area contributed by atoms with Crippen molar-refractivity contribution in [2.75, 3.05) is 6.54 Å². The van der Waals surface area contributed by atoms with Crippen LogP contribution in [-0.4, -0.2) is 41.1 Å². The van der Waals surface area contributed by atoms with Crippen LogP contribution >= 0.6 is 0 Å². The SMILES string of the molecule is O=CN(C=O)CC(=O)c1ccccc1C(=O)O. The van der Waals surface area contributed by atoms with E-state index >= 15 is 0 Å². The smallest absolute Gasteiger partial charge is 0.336 e. The number of imide groups is 1. The zero-order valence-corrected chi connectivity index (χ0v) is 8.70. The minimum absolute atomic E-state index is 0.0336. The van der Waals surface area contributed by atoms with E-state index in [-0.39, 0.29) is 23.9 Å². The molecule has 1 N–H and O–H groups in total. The van der Waals surface area contributed by atoms with E-state index in [1.807, 2.05) is 0 Å². The molecule has 1 aromatic rings. The summed E-state index contributed by atoms with van der Waals surface area (Å²) in [6.45, 7) is -0.475. The van der Waals surface area contributed by atoms with Crippen LogP contribution in [0.15, 0.2) is 24.3 Å². The molecule has 6 heteroatoms. The van der Waals surface area contributed by atoms with Crippen LogP contribution in [0.5, 0.6) is 0 Å². The molecule has 0 fully saturated rings. The van der Waals surface area contributed by atoms with Gasteiger partial charge in [0.1, 0.15) is 0 Å². The first kappa shape index (κ1) is 12.6. The van der Waals surface area contributed by atoms with Crippen LogP contribution in [0.4, 0.5) is 0 Å². The summed E-state index contributed by atoms with van der Waals surface area (Å²) in [5.41, 5.74) is -0.192. The Labute approximate surface area is 96.5 Å². The molecule has 0 unspecified atom stereocenters. The molecule has 0 aliphatic heterocycles. The van der Waals surface area contributed by atoms with Crippen LogP contribution in [0, 0.1) is 0 Å². The van der Waals surface area contributed by atoms with Crippen LogP contribution in [0.1, 0.15) is 20.7 Å². The number of benzene rings is 1. The van der Waals surface area contributed by atoms with E-state index in [1.54, 1.807) is 0 Å². The van der Waals surface area contributed by atoms with E-state index in [0.29, 0.717) is 4.90 Å². The number of carbonyl (C=O) groups is 4. The Bertz CT molecular complexity index is 461. The van der Waals surface area contributed by atoms with E-state index in [4.69, 9.17) is 5.11 Å². The number of amides is 2. The van der Waals surface area contributed by atoms with Gasteiger partial charge >= 0.3 is 5.97 Å². The van der Waals surface area contributed by atoms with E-state index in [0.717, 1.165) is 0 Å². The Morgan fingerprint density at radius 2 is 1.65 bits per heavy atom. The van der Waals surface area contributed by atoms with Gasteiger partial charge in [-0.15, -0.1) is 0 Å². The van der Waals surface area contributed by atoms with Gasteiger partial charge in [0.25, 0.3) is 0 Å². The summed E-state index contributed by atoms with van der Waals surface area (Å²) in [5, 5.41) is 8.86. The van der Waals surface area contributed by atoms with Crippen LogP contribution < -0.4 is 0 Å². The predicted octanol–water partition coefficient (Wildman–Crippen LogP) is 0.182. The highest BCUT2D eigenvalue weighted by Gasteiger charge is 2.17. The van der Waals surface area contributed by atoms with Crippen molar-refractivity contribution in [3.05, 3.63) is 35.4 Å². The largest absolute Gasteiger partial charge is 0.478 e. The summed E-state index contributed by atoms with van der Waals surface area (Å²) in [6, 6.07) is 5.60. The van der Waals surface area contributed by atoms with Gasteiger partial charge in [-0.1, -0.05) is 18.2 Å². The van der Waals surface area contributed by atoms with Gasteiger partial charge in [0.15, 0.2) is 5.78 Å². The highest BCUT2D eigenvalue weighted by molar-refractivity contribution is 6.07. The fourth-order valence-corrected chi connectivity index (χ4v) is 1.26. The van der Waals surface area contributed by atoms with Crippen molar-refractivity contribution in [3.63, 3.8) is 0 Å². The van der Waals surface area contributed by atoms with E-state index in [9.17, 15) is 19.2 Å². The molecule has 1 aromatic carbocycles. The van der Waals surface area contributed by atoms with Crippen molar-refractivity contribution in [2.45, 2.75) is 0 Å². The number of carboxylic acids is 1. The molecule has 0 aliphatic carbocycles. The van der Waals surface area contributed by atoms with Crippen molar-refractivity contribution >= 4 is 24.6 Å². The molecule has 0 bridgehead atoms. The highest BCUT2D eigenvalue weighted by Crippen LogP contribution is 2.09. The van der Waals surface area contributed by atoms with Crippen molar-refractivity contribution in [2.24, 2.45) is 0 Å². The molecule has 17 heavy (non-hydrogen) atoms. The maximum atomic E-state index is 11.7. The third kappa shape index (κ3) is 2.97. The average Bonchev–Trinajstić information content (AvgIpc) is 2.35.